The van der Waals surface area contributed by atoms with Gasteiger partial charge in [0.05, 0.1) is 0 Å². The molecule has 0 aromatic heterocycles. The molecular weight excluding hydrogens is 435 g/mol. The zero-order valence-corrected chi connectivity index (χ0v) is 18.0. The molecule has 0 unspecified atom stereocenters. The van der Waals surface area contributed by atoms with Crippen LogP contribution in [-0.2, 0) is 20.4 Å². The molecule has 9 heteroatoms. The van der Waals surface area contributed by atoms with E-state index >= 15 is 0 Å². The summed E-state index contributed by atoms with van der Waals surface area (Å²) in [4.78, 5) is 0. The third-order valence-electron chi connectivity index (χ3n) is 1.43. The van der Waals surface area contributed by atoms with Crippen LogP contribution in [0.25, 0.3) is 0 Å². The quantitative estimate of drug-likeness (QED) is 0.290. The summed E-state index contributed by atoms with van der Waals surface area (Å²) < 4.78 is 1.41. The maximum Gasteiger partial charge on any atom is 0.153 e. The molecule has 0 bridgehead atoms. The van der Waals surface area contributed by atoms with Gasteiger partial charge in [0, 0.05) is 32.9 Å². The summed E-state index contributed by atoms with van der Waals surface area (Å²) in [6, 6.07) is 0. The van der Waals surface area contributed by atoms with Crippen LogP contribution in [-0.4, -0.2) is 33.6 Å². The van der Waals surface area contributed by atoms with Gasteiger partial charge in [-0.25, -0.2) is 0 Å². The Morgan fingerprint density at radius 3 is 1.33 bits per heavy atom. The molecule has 0 spiro atoms. The van der Waals surface area contributed by atoms with Crippen LogP contribution in [0.5, 0.6) is 0 Å². The normalized spacial score (nSPS) is 10.3. The zero-order valence-electron chi connectivity index (χ0n) is 13.2. The van der Waals surface area contributed by atoms with Crippen molar-refractivity contribution in [3.05, 3.63) is 0 Å². The van der Waals surface area contributed by atoms with E-state index in [-0.39, 0.29) is 20.4 Å². The fourth-order valence-corrected chi connectivity index (χ4v) is 0.963. The summed E-state index contributed by atoms with van der Waals surface area (Å²) in [5, 5.41) is 7.81. The molecule has 0 atom stereocenters. The van der Waals surface area contributed by atoms with Crippen molar-refractivity contribution in [1.82, 2.24) is 10.9 Å². The van der Waals surface area contributed by atoms with Crippen molar-refractivity contribution in [2.45, 2.75) is 27.7 Å². The maximum atomic E-state index is 4.85. The molecular formula is C12H24N4PdS4. The number of hydrogen-bond donors (Lipinski definition) is 2. The summed E-state index contributed by atoms with van der Waals surface area (Å²) in [7, 11) is 0. The van der Waals surface area contributed by atoms with Crippen molar-refractivity contribution in [2.75, 3.05) is 12.5 Å². The molecule has 126 valence electrons. The van der Waals surface area contributed by atoms with Gasteiger partial charge in [-0.3, -0.25) is 10.9 Å². The molecule has 0 heterocycles. The minimum absolute atomic E-state index is 0. The number of rotatable bonds is 4. The van der Waals surface area contributed by atoms with Crippen LogP contribution < -0.4 is 10.9 Å². The molecule has 0 rings (SSSR count). The number of thioether (sulfide) groups is 2. The Labute approximate surface area is 161 Å². The Hall–Kier alpha value is 0.482. The summed E-state index contributed by atoms with van der Waals surface area (Å²) in [6.07, 6.45) is 7.48. The smallest absolute Gasteiger partial charge is 0.153 e. The molecule has 0 saturated carbocycles. The topological polar surface area (TPSA) is 48.8 Å². The van der Waals surface area contributed by atoms with Gasteiger partial charge in [0.2, 0.25) is 0 Å². The largest absolute Gasteiger partial charge is 0.263 e. The molecule has 0 aliphatic heterocycles. The second kappa shape index (κ2) is 18.5. The molecule has 0 aromatic rings. The van der Waals surface area contributed by atoms with Gasteiger partial charge in [0.25, 0.3) is 0 Å². The summed E-state index contributed by atoms with van der Waals surface area (Å²) in [6.45, 7) is 8.25. The maximum absolute atomic E-state index is 4.85. The molecule has 0 radical (unpaired) electrons. The Morgan fingerprint density at radius 2 is 1.14 bits per heavy atom. The van der Waals surface area contributed by atoms with E-state index in [0.29, 0.717) is 20.5 Å². The number of nitrogens with one attached hydrogen (secondary N) is 2. The van der Waals surface area contributed by atoms with Crippen LogP contribution in [0.3, 0.4) is 0 Å². The molecule has 0 saturated heterocycles. The SMILES string of the molecule is CSC(=S)NN=CC(C)C.CSC(=S)NN=CC(C)C.[Pd]. The molecule has 4 nitrogen and oxygen atoms in total. The third-order valence-corrected chi connectivity index (χ3v) is 3.53. The first-order chi connectivity index (χ1) is 9.33. The summed E-state index contributed by atoms with van der Waals surface area (Å²) >= 11 is 12.7. The van der Waals surface area contributed by atoms with E-state index in [4.69, 9.17) is 24.4 Å². The van der Waals surface area contributed by atoms with Gasteiger partial charge in [-0.2, -0.15) is 10.2 Å². The fourth-order valence-electron chi connectivity index (χ4n) is 0.569. The van der Waals surface area contributed by atoms with Crippen LogP contribution in [0, 0.1) is 11.8 Å². The van der Waals surface area contributed by atoms with Gasteiger partial charge in [-0.05, 0) is 24.3 Å². The van der Waals surface area contributed by atoms with Crippen molar-refractivity contribution in [1.29, 1.82) is 0 Å². The number of hydrazone groups is 2. The van der Waals surface area contributed by atoms with Crippen LogP contribution in [0.1, 0.15) is 27.7 Å². The van der Waals surface area contributed by atoms with Gasteiger partial charge >= 0.3 is 0 Å². The van der Waals surface area contributed by atoms with Gasteiger partial charge in [0.15, 0.2) is 8.64 Å². The van der Waals surface area contributed by atoms with E-state index in [9.17, 15) is 0 Å². The molecule has 0 aliphatic carbocycles. The predicted octanol–water partition coefficient (Wildman–Crippen LogP) is 3.73. The monoisotopic (exact) mass is 458 g/mol. The van der Waals surface area contributed by atoms with E-state index in [2.05, 4.69) is 48.7 Å². The first-order valence-electron chi connectivity index (χ1n) is 6.07. The van der Waals surface area contributed by atoms with E-state index in [1.807, 2.05) is 24.9 Å². The molecule has 2 N–H and O–H groups in total. The number of nitrogens with zero attached hydrogens (tertiary/aromatic N) is 2. The number of thiocarbonyl (C=S) groups is 2. The average molecular weight is 459 g/mol. The van der Waals surface area contributed by atoms with Crippen LogP contribution >= 0.6 is 48.0 Å². The van der Waals surface area contributed by atoms with Crippen molar-refractivity contribution in [3.63, 3.8) is 0 Å². The van der Waals surface area contributed by atoms with Crippen molar-refractivity contribution in [2.24, 2.45) is 22.0 Å². The van der Waals surface area contributed by atoms with Crippen LogP contribution in [0.2, 0.25) is 0 Å². The fraction of sp³-hybridized carbons (Fsp3) is 0.667. The Bertz CT molecular complexity index is 301. The third kappa shape index (κ3) is 25.8. The Kier molecular flexibility index (Phi) is 23.3. The minimum atomic E-state index is 0. The van der Waals surface area contributed by atoms with Crippen molar-refractivity contribution >= 4 is 69.0 Å². The minimum Gasteiger partial charge on any atom is -0.263 e. The summed E-state index contributed by atoms with van der Waals surface area (Å²) in [5.74, 6) is 0.939. The average Bonchev–Trinajstić information content (AvgIpc) is 2.38. The van der Waals surface area contributed by atoms with Crippen molar-refractivity contribution < 1.29 is 20.4 Å². The Balaban J connectivity index is -0.000000295. The Morgan fingerprint density at radius 1 is 0.857 bits per heavy atom. The predicted molar refractivity (Wildman–Crippen MR) is 105 cm³/mol. The zero-order chi connectivity index (χ0) is 16.0. The molecule has 0 fully saturated rings. The second-order valence-electron chi connectivity index (χ2n) is 4.25. The molecule has 21 heavy (non-hydrogen) atoms. The van der Waals surface area contributed by atoms with Gasteiger partial charge in [-0.1, -0.05) is 75.7 Å². The van der Waals surface area contributed by atoms with Crippen molar-refractivity contribution in [3.8, 4) is 0 Å². The van der Waals surface area contributed by atoms with Crippen LogP contribution in [0.15, 0.2) is 10.2 Å². The second-order valence-corrected chi connectivity index (χ2v) is 7.22. The van der Waals surface area contributed by atoms with E-state index in [0.717, 1.165) is 0 Å². The number of hydrogen-bond acceptors (Lipinski definition) is 6. The molecule has 0 aromatic carbocycles. The summed E-state index contributed by atoms with van der Waals surface area (Å²) in [5.41, 5.74) is 5.46. The molecule has 0 aliphatic rings. The first kappa shape index (κ1) is 26.4. The standard InChI is InChI=1S/2C6H12N2S2.Pd/c2*1-5(2)4-7-8-6(9)10-3;/h2*4-5H,1-3H3,(H,8,9);. The van der Waals surface area contributed by atoms with E-state index in [1.165, 1.54) is 23.5 Å². The van der Waals surface area contributed by atoms with Gasteiger partial charge < -0.3 is 0 Å². The molecule has 0 amide bonds. The van der Waals surface area contributed by atoms with Gasteiger partial charge in [0.1, 0.15) is 0 Å². The van der Waals surface area contributed by atoms with E-state index < -0.39 is 0 Å². The first-order valence-corrected chi connectivity index (χ1v) is 9.34. The van der Waals surface area contributed by atoms with E-state index in [1.54, 1.807) is 0 Å². The van der Waals surface area contributed by atoms with Gasteiger partial charge in [-0.15, -0.1) is 0 Å². The van der Waals surface area contributed by atoms with Crippen LogP contribution in [0.4, 0.5) is 0 Å².